The van der Waals surface area contributed by atoms with E-state index in [2.05, 4.69) is 98.7 Å². The van der Waals surface area contributed by atoms with Crippen LogP contribution in [0.25, 0.3) is 11.1 Å². The van der Waals surface area contributed by atoms with Gasteiger partial charge in [0.25, 0.3) is 0 Å². The molecule has 4 aliphatic carbocycles. The lowest BCUT2D eigenvalue weighted by atomic mass is 9.47. The molecular formula is C38H55BO4. The van der Waals surface area contributed by atoms with E-state index in [-0.39, 0.29) is 23.0 Å². The van der Waals surface area contributed by atoms with Gasteiger partial charge in [-0.1, -0.05) is 65.0 Å². The summed E-state index contributed by atoms with van der Waals surface area (Å²) in [5, 5.41) is 0. The molecule has 0 spiro atoms. The Bertz CT molecular complexity index is 1300. The van der Waals surface area contributed by atoms with Crippen molar-refractivity contribution in [3.05, 3.63) is 47.5 Å². The van der Waals surface area contributed by atoms with Crippen molar-refractivity contribution in [3.63, 3.8) is 0 Å². The van der Waals surface area contributed by atoms with Gasteiger partial charge in [0.15, 0.2) is 6.79 Å². The van der Waals surface area contributed by atoms with E-state index in [0.717, 1.165) is 46.5 Å². The lowest BCUT2D eigenvalue weighted by molar-refractivity contribution is -0.00882. The van der Waals surface area contributed by atoms with Crippen molar-refractivity contribution in [1.82, 2.24) is 0 Å². The third-order valence-electron chi connectivity index (χ3n) is 11.5. The molecule has 4 bridgehead atoms. The van der Waals surface area contributed by atoms with Gasteiger partial charge in [0.2, 0.25) is 0 Å². The van der Waals surface area contributed by atoms with Crippen LogP contribution in [-0.4, -0.2) is 32.2 Å². The minimum absolute atomic E-state index is 0.0108. The fraction of sp³-hybridized carbons (Fsp3) is 0.684. The highest BCUT2D eigenvalue weighted by atomic mass is 16.7. The molecule has 5 heteroatoms. The molecular weight excluding hydrogens is 531 g/mol. The van der Waals surface area contributed by atoms with E-state index < -0.39 is 18.3 Å². The standard InChI is InChI=1S/C38H55BO4/c1-34(2,3)23-35(4,5)28-18-30(29-13-11-12-14-32(29)39-42-36(6,7)37(8,9)43-39)33(41-24-40-10)31(19-28)38-20-25-15-26(21-38)17-27(16-25)22-38/h11-14,18-19,25-27H,15-17,20-24H2,1-10H3. The highest BCUT2D eigenvalue weighted by molar-refractivity contribution is 6.64. The van der Waals surface area contributed by atoms with Crippen molar-refractivity contribution in [2.24, 2.45) is 23.2 Å². The summed E-state index contributed by atoms with van der Waals surface area (Å²) in [6.45, 7) is 20.7. The van der Waals surface area contributed by atoms with E-state index in [1.807, 2.05) is 0 Å². The van der Waals surface area contributed by atoms with Crippen molar-refractivity contribution in [2.45, 2.75) is 129 Å². The van der Waals surface area contributed by atoms with Crippen LogP contribution in [0, 0.1) is 23.2 Å². The number of hydrogen-bond donors (Lipinski definition) is 0. The van der Waals surface area contributed by atoms with E-state index >= 15 is 0 Å². The molecule has 0 amide bonds. The van der Waals surface area contributed by atoms with Crippen LogP contribution in [0.15, 0.2) is 36.4 Å². The fourth-order valence-electron chi connectivity index (χ4n) is 9.67. The molecule has 0 unspecified atom stereocenters. The molecule has 4 saturated carbocycles. The van der Waals surface area contributed by atoms with Gasteiger partial charge in [-0.25, -0.2) is 0 Å². The first-order valence-corrected chi connectivity index (χ1v) is 16.8. The maximum atomic E-state index is 6.73. The summed E-state index contributed by atoms with van der Waals surface area (Å²) < 4.78 is 25.6. The molecule has 0 radical (unpaired) electrons. The molecule has 0 atom stereocenters. The molecule has 2 aromatic carbocycles. The number of ether oxygens (including phenoxy) is 2. The predicted octanol–water partition coefficient (Wildman–Crippen LogP) is 8.82. The van der Waals surface area contributed by atoms with Crippen molar-refractivity contribution in [1.29, 1.82) is 0 Å². The molecule has 5 fully saturated rings. The Morgan fingerprint density at radius 3 is 1.91 bits per heavy atom. The molecule has 0 N–H and O–H groups in total. The van der Waals surface area contributed by atoms with Crippen LogP contribution in [0.1, 0.15) is 118 Å². The molecule has 5 aliphatic rings. The van der Waals surface area contributed by atoms with Gasteiger partial charge in [-0.05, 0) is 129 Å². The molecule has 1 heterocycles. The summed E-state index contributed by atoms with van der Waals surface area (Å²) in [5.74, 6) is 3.53. The Kier molecular flexibility index (Phi) is 7.71. The number of benzene rings is 2. The number of hydrogen-bond acceptors (Lipinski definition) is 4. The van der Waals surface area contributed by atoms with Crippen LogP contribution in [-0.2, 0) is 24.9 Å². The highest BCUT2D eigenvalue weighted by Crippen LogP contribution is 2.63. The highest BCUT2D eigenvalue weighted by Gasteiger charge is 2.54. The van der Waals surface area contributed by atoms with Crippen molar-refractivity contribution < 1.29 is 18.8 Å². The summed E-state index contributed by atoms with van der Waals surface area (Å²) in [4.78, 5) is 0. The second-order valence-corrected chi connectivity index (χ2v) is 17.4. The van der Waals surface area contributed by atoms with Gasteiger partial charge in [0.1, 0.15) is 5.75 Å². The lowest BCUT2D eigenvalue weighted by Gasteiger charge is -2.57. The van der Waals surface area contributed by atoms with Crippen LogP contribution in [0.2, 0.25) is 0 Å². The average molecular weight is 587 g/mol. The topological polar surface area (TPSA) is 36.9 Å². The Morgan fingerprint density at radius 1 is 0.814 bits per heavy atom. The van der Waals surface area contributed by atoms with Crippen LogP contribution in [0.5, 0.6) is 5.75 Å². The molecule has 7 rings (SSSR count). The van der Waals surface area contributed by atoms with Crippen LogP contribution in [0.3, 0.4) is 0 Å². The van der Waals surface area contributed by atoms with Crippen molar-refractivity contribution in [2.75, 3.05) is 13.9 Å². The van der Waals surface area contributed by atoms with Crippen LogP contribution >= 0.6 is 0 Å². The largest absolute Gasteiger partial charge is 0.495 e. The van der Waals surface area contributed by atoms with Gasteiger partial charge in [-0.15, -0.1) is 0 Å². The fourth-order valence-corrected chi connectivity index (χ4v) is 9.67. The third-order valence-corrected chi connectivity index (χ3v) is 11.5. The molecule has 0 aromatic heterocycles. The third kappa shape index (κ3) is 5.72. The Morgan fingerprint density at radius 2 is 1.37 bits per heavy atom. The first-order valence-electron chi connectivity index (χ1n) is 16.8. The van der Waals surface area contributed by atoms with Gasteiger partial charge in [-0.3, -0.25) is 0 Å². The Hall–Kier alpha value is -1.82. The second kappa shape index (κ2) is 10.6. The summed E-state index contributed by atoms with van der Waals surface area (Å²) in [6.07, 6.45) is 9.19. The molecule has 1 aliphatic heterocycles. The maximum Gasteiger partial charge on any atom is 0.495 e. The van der Waals surface area contributed by atoms with Gasteiger partial charge in [-0.2, -0.15) is 0 Å². The molecule has 234 valence electrons. The van der Waals surface area contributed by atoms with Gasteiger partial charge in [0.05, 0.1) is 11.2 Å². The van der Waals surface area contributed by atoms with E-state index in [1.165, 1.54) is 49.7 Å². The van der Waals surface area contributed by atoms with Crippen LogP contribution < -0.4 is 10.2 Å². The number of rotatable bonds is 8. The summed E-state index contributed by atoms with van der Waals surface area (Å²) in [6, 6.07) is 13.6. The minimum atomic E-state index is -0.453. The smallest absolute Gasteiger partial charge is 0.467 e. The van der Waals surface area contributed by atoms with E-state index in [9.17, 15) is 0 Å². The predicted molar refractivity (Wildman–Crippen MR) is 177 cm³/mol. The van der Waals surface area contributed by atoms with E-state index in [0.29, 0.717) is 0 Å². The molecule has 4 nitrogen and oxygen atoms in total. The molecule has 1 saturated heterocycles. The quantitative estimate of drug-likeness (QED) is 0.229. The summed E-state index contributed by atoms with van der Waals surface area (Å²) in [5.41, 5.74) is 5.68. The minimum Gasteiger partial charge on any atom is -0.467 e. The van der Waals surface area contributed by atoms with E-state index in [1.54, 1.807) is 7.11 Å². The normalized spacial score (nSPS) is 29.3. The summed E-state index contributed by atoms with van der Waals surface area (Å²) >= 11 is 0. The Balaban J connectivity index is 1.57. The molecule has 43 heavy (non-hydrogen) atoms. The van der Waals surface area contributed by atoms with Crippen molar-refractivity contribution >= 4 is 12.6 Å². The van der Waals surface area contributed by atoms with Gasteiger partial charge < -0.3 is 18.8 Å². The van der Waals surface area contributed by atoms with Gasteiger partial charge in [0, 0.05) is 18.2 Å². The Labute approximate surface area is 261 Å². The zero-order valence-corrected chi connectivity index (χ0v) is 28.6. The second-order valence-electron chi connectivity index (χ2n) is 17.4. The summed E-state index contributed by atoms with van der Waals surface area (Å²) in [7, 11) is 1.27. The van der Waals surface area contributed by atoms with E-state index in [4.69, 9.17) is 18.8 Å². The SMILES string of the molecule is COCOc1c(-c2ccccc2B2OC(C)(C)C(C)(C)O2)cc(C(C)(C)CC(C)(C)C)cc1C12CC3CC(CC(C3)C1)C2. The lowest BCUT2D eigenvalue weighted by Crippen LogP contribution is -2.48. The number of methoxy groups -OCH3 is 1. The first kappa shape index (κ1) is 31.2. The zero-order chi connectivity index (χ0) is 31.0. The van der Waals surface area contributed by atoms with Crippen LogP contribution in [0.4, 0.5) is 0 Å². The first-order chi connectivity index (χ1) is 20.0. The zero-order valence-electron chi connectivity index (χ0n) is 28.6. The monoisotopic (exact) mass is 586 g/mol. The van der Waals surface area contributed by atoms with Crippen molar-refractivity contribution in [3.8, 4) is 16.9 Å². The van der Waals surface area contributed by atoms with Gasteiger partial charge >= 0.3 is 7.12 Å². The maximum absolute atomic E-state index is 6.73. The molecule has 2 aromatic rings. The average Bonchev–Trinajstić information content (AvgIpc) is 3.11.